The number of alkyl halides is 2. The smallest absolute Gasteiger partial charge is 0.387 e. The largest absolute Gasteiger partial charge is 0.462 e. The monoisotopic (exact) mass is 412 g/mol. The van der Waals surface area contributed by atoms with Crippen LogP contribution in [-0.2, 0) is 9.53 Å². The summed E-state index contributed by atoms with van der Waals surface area (Å²) in [6.07, 6.45) is 1.25. The lowest BCUT2D eigenvalue weighted by Gasteiger charge is -2.12. The van der Waals surface area contributed by atoms with Gasteiger partial charge in [-0.25, -0.2) is 14.8 Å². The fraction of sp³-hybridized carbons (Fsp3) is 0.294. The van der Waals surface area contributed by atoms with E-state index in [0.29, 0.717) is 5.69 Å². The Bertz CT molecular complexity index is 836. The van der Waals surface area contributed by atoms with E-state index in [9.17, 15) is 18.4 Å². The number of rotatable bonds is 8. The average Bonchev–Trinajstić information content (AvgIpc) is 2.63. The van der Waals surface area contributed by atoms with E-state index >= 15 is 0 Å². The Balaban J connectivity index is 1.96. The molecule has 0 saturated heterocycles. The second-order valence-electron chi connectivity index (χ2n) is 5.32. The Labute approximate surface area is 163 Å². The van der Waals surface area contributed by atoms with Crippen molar-refractivity contribution in [2.75, 3.05) is 17.7 Å². The Kier molecular flexibility index (Phi) is 7.50. The number of nitrogens with zero attached hydrogens (tertiary/aromatic N) is 2. The quantitative estimate of drug-likeness (QED) is 0.386. The molecular weight excluding hydrogens is 394 g/mol. The number of nitrogens with two attached hydrogens (primary N) is 1. The molecule has 2 rings (SSSR count). The number of carbonyl (C=O) groups is 2. The summed E-state index contributed by atoms with van der Waals surface area (Å²) in [5.41, 5.74) is 6.21. The van der Waals surface area contributed by atoms with Crippen LogP contribution in [0, 0.1) is 0 Å². The lowest BCUT2D eigenvalue weighted by molar-refractivity contribution is -0.115. The summed E-state index contributed by atoms with van der Waals surface area (Å²) in [6.45, 7) is 0.576. The first-order valence-corrected chi connectivity index (χ1v) is 9.00. The number of amides is 1. The number of halogens is 2. The minimum Gasteiger partial charge on any atom is -0.462 e. The molecule has 1 atom stereocenters. The van der Waals surface area contributed by atoms with Crippen LogP contribution in [0.3, 0.4) is 0 Å². The van der Waals surface area contributed by atoms with Gasteiger partial charge in [0.2, 0.25) is 5.91 Å². The van der Waals surface area contributed by atoms with Crippen LogP contribution in [0.4, 0.5) is 20.3 Å². The first-order chi connectivity index (χ1) is 13.3. The second kappa shape index (κ2) is 9.83. The standard InChI is InChI=1S/C17H18F2N4O4S/c1-3-26-15(25)12-8-21-17(23-13(12)20)28-9(2)14(24)22-10-4-6-11(7-5-10)27-16(18)19/h4-9,16H,3H2,1-2H3,(H,22,24)(H2,20,21,23)/t9-/m1/s1. The first kappa shape index (κ1) is 21.4. The molecule has 0 aliphatic heterocycles. The molecule has 1 aromatic carbocycles. The molecule has 0 aliphatic carbocycles. The molecule has 28 heavy (non-hydrogen) atoms. The topological polar surface area (TPSA) is 116 Å². The van der Waals surface area contributed by atoms with Crippen LogP contribution in [-0.4, -0.2) is 40.3 Å². The highest BCUT2D eigenvalue weighted by Crippen LogP contribution is 2.23. The molecule has 0 unspecified atom stereocenters. The number of nitrogens with one attached hydrogen (secondary N) is 1. The zero-order valence-corrected chi connectivity index (χ0v) is 15.8. The average molecular weight is 412 g/mol. The zero-order valence-electron chi connectivity index (χ0n) is 15.0. The molecule has 0 spiro atoms. The van der Waals surface area contributed by atoms with Crippen LogP contribution in [0.25, 0.3) is 0 Å². The highest BCUT2D eigenvalue weighted by molar-refractivity contribution is 8.00. The predicted molar refractivity (Wildman–Crippen MR) is 99.4 cm³/mol. The SMILES string of the molecule is CCOC(=O)c1cnc(S[C@H](C)C(=O)Nc2ccc(OC(F)F)cc2)nc1N. The molecule has 1 aromatic heterocycles. The molecule has 0 radical (unpaired) electrons. The number of carbonyl (C=O) groups excluding carboxylic acids is 2. The maximum Gasteiger partial charge on any atom is 0.387 e. The molecule has 1 amide bonds. The number of ether oxygens (including phenoxy) is 2. The number of anilines is 2. The van der Waals surface area contributed by atoms with Crippen molar-refractivity contribution in [2.24, 2.45) is 0 Å². The van der Waals surface area contributed by atoms with E-state index < -0.39 is 17.8 Å². The summed E-state index contributed by atoms with van der Waals surface area (Å²) >= 11 is 1.04. The van der Waals surface area contributed by atoms with Crippen molar-refractivity contribution in [3.05, 3.63) is 36.0 Å². The molecule has 8 nitrogen and oxygen atoms in total. The van der Waals surface area contributed by atoms with Gasteiger partial charge in [0.1, 0.15) is 17.1 Å². The number of thioether (sulfide) groups is 1. The first-order valence-electron chi connectivity index (χ1n) is 8.12. The third kappa shape index (κ3) is 6.05. The van der Waals surface area contributed by atoms with E-state index in [0.717, 1.165) is 11.8 Å². The predicted octanol–water partition coefficient (Wildman–Crippen LogP) is 2.96. The fourth-order valence-electron chi connectivity index (χ4n) is 1.98. The maximum atomic E-state index is 12.3. The number of hydrogen-bond acceptors (Lipinski definition) is 8. The van der Waals surface area contributed by atoms with Crippen LogP contribution in [0.1, 0.15) is 24.2 Å². The van der Waals surface area contributed by atoms with Crippen molar-refractivity contribution in [3.8, 4) is 5.75 Å². The number of esters is 1. The normalized spacial score (nSPS) is 11.8. The fourth-order valence-corrected chi connectivity index (χ4v) is 2.72. The van der Waals surface area contributed by atoms with Crippen LogP contribution < -0.4 is 15.8 Å². The molecule has 2 aromatic rings. The van der Waals surface area contributed by atoms with Gasteiger partial charge >= 0.3 is 12.6 Å². The van der Waals surface area contributed by atoms with Crippen molar-refractivity contribution in [2.45, 2.75) is 30.9 Å². The van der Waals surface area contributed by atoms with Crippen molar-refractivity contribution in [1.82, 2.24) is 9.97 Å². The van der Waals surface area contributed by atoms with Gasteiger partial charge in [-0.2, -0.15) is 8.78 Å². The summed E-state index contributed by atoms with van der Waals surface area (Å²) in [7, 11) is 0. The van der Waals surface area contributed by atoms with Gasteiger partial charge in [-0.1, -0.05) is 11.8 Å². The summed E-state index contributed by atoms with van der Waals surface area (Å²) < 4.78 is 33.4. The third-order valence-corrected chi connectivity index (χ3v) is 4.27. The summed E-state index contributed by atoms with van der Waals surface area (Å²) in [5.74, 6) is -1.04. The molecule has 0 aliphatic rings. The Hall–Kier alpha value is -2.95. The van der Waals surface area contributed by atoms with Gasteiger partial charge in [-0.3, -0.25) is 4.79 Å². The van der Waals surface area contributed by atoms with Crippen LogP contribution in [0.15, 0.2) is 35.6 Å². The molecule has 11 heteroatoms. The van der Waals surface area contributed by atoms with E-state index in [1.54, 1.807) is 13.8 Å². The summed E-state index contributed by atoms with van der Waals surface area (Å²) in [6, 6.07) is 5.51. The minimum absolute atomic E-state index is 0.0130. The van der Waals surface area contributed by atoms with Crippen molar-refractivity contribution in [3.63, 3.8) is 0 Å². The van der Waals surface area contributed by atoms with Gasteiger partial charge in [0.25, 0.3) is 0 Å². The second-order valence-corrected chi connectivity index (χ2v) is 6.63. The van der Waals surface area contributed by atoms with Crippen LogP contribution in [0.2, 0.25) is 0 Å². The summed E-state index contributed by atoms with van der Waals surface area (Å²) in [4.78, 5) is 32.0. The van der Waals surface area contributed by atoms with Gasteiger partial charge < -0.3 is 20.5 Å². The molecular formula is C17H18F2N4O4S. The Morgan fingerprint density at radius 1 is 1.29 bits per heavy atom. The van der Waals surface area contributed by atoms with Gasteiger partial charge in [0, 0.05) is 11.9 Å². The van der Waals surface area contributed by atoms with Crippen molar-refractivity contribution in [1.29, 1.82) is 0 Å². The number of aromatic nitrogens is 2. The lowest BCUT2D eigenvalue weighted by atomic mass is 10.3. The van der Waals surface area contributed by atoms with E-state index in [1.807, 2.05) is 0 Å². The van der Waals surface area contributed by atoms with Crippen LogP contribution in [0.5, 0.6) is 5.75 Å². The Morgan fingerprint density at radius 3 is 2.54 bits per heavy atom. The Morgan fingerprint density at radius 2 is 1.96 bits per heavy atom. The highest BCUT2D eigenvalue weighted by Gasteiger charge is 2.19. The molecule has 150 valence electrons. The van der Waals surface area contributed by atoms with E-state index in [4.69, 9.17) is 10.5 Å². The number of hydrogen-bond donors (Lipinski definition) is 2. The van der Waals surface area contributed by atoms with Gasteiger partial charge in [-0.15, -0.1) is 0 Å². The molecule has 0 bridgehead atoms. The number of benzene rings is 1. The van der Waals surface area contributed by atoms with Crippen LogP contribution >= 0.6 is 11.8 Å². The van der Waals surface area contributed by atoms with E-state index in [1.165, 1.54) is 30.5 Å². The molecule has 1 heterocycles. The highest BCUT2D eigenvalue weighted by atomic mass is 32.2. The van der Waals surface area contributed by atoms with E-state index in [-0.39, 0.29) is 34.8 Å². The zero-order chi connectivity index (χ0) is 20.7. The third-order valence-electron chi connectivity index (χ3n) is 3.29. The van der Waals surface area contributed by atoms with Gasteiger partial charge in [0.15, 0.2) is 5.16 Å². The molecule has 0 saturated carbocycles. The summed E-state index contributed by atoms with van der Waals surface area (Å²) in [5, 5.41) is 2.26. The van der Waals surface area contributed by atoms with Crippen molar-refractivity contribution < 1.29 is 27.8 Å². The van der Waals surface area contributed by atoms with Gasteiger partial charge in [-0.05, 0) is 38.1 Å². The molecule has 0 fully saturated rings. The van der Waals surface area contributed by atoms with Crippen molar-refractivity contribution >= 4 is 35.1 Å². The molecule has 3 N–H and O–H groups in total. The van der Waals surface area contributed by atoms with E-state index in [2.05, 4.69) is 20.0 Å². The lowest BCUT2D eigenvalue weighted by Crippen LogP contribution is -2.22. The minimum atomic E-state index is -2.92. The number of nitrogen functional groups attached to an aromatic ring is 1. The van der Waals surface area contributed by atoms with Gasteiger partial charge in [0.05, 0.1) is 11.9 Å². The maximum absolute atomic E-state index is 12.3.